The van der Waals surface area contributed by atoms with E-state index in [4.69, 9.17) is 4.74 Å². The average Bonchev–Trinajstić information content (AvgIpc) is 3.21. The molecule has 0 aliphatic carbocycles. The fraction of sp³-hybridized carbons (Fsp3) is 0.440. The van der Waals surface area contributed by atoms with Gasteiger partial charge in [0.05, 0.1) is 6.04 Å². The van der Waals surface area contributed by atoms with E-state index in [9.17, 15) is 9.59 Å². The fourth-order valence-corrected chi connectivity index (χ4v) is 4.94. The highest BCUT2D eigenvalue weighted by Crippen LogP contribution is 2.34. The Labute approximate surface area is 189 Å². The van der Waals surface area contributed by atoms with E-state index in [2.05, 4.69) is 31.0 Å². The summed E-state index contributed by atoms with van der Waals surface area (Å²) in [7, 11) is 0. The highest BCUT2D eigenvalue weighted by Gasteiger charge is 2.33. The van der Waals surface area contributed by atoms with Crippen molar-refractivity contribution < 1.29 is 14.3 Å². The number of aryl methyl sites for hydroxylation is 2. The molecule has 0 N–H and O–H groups in total. The molecule has 1 aliphatic rings. The van der Waals surface area contributed by atoms with Gasteiger partial charge in [-0.2, -0.15) is 0 Å². The first-order chi connectivity index (χ1) is 14.8. The summed E-state index contributed by atoms with van der Waals surface area (Å²) >= 11 is 1.73. The van der Waals surface area contributed by atoms with E-state index in [1.54, 1.807) is 22.3 Å². The predicted octanol–water partition coefficient (Wildman–Crippen LogP) is 4.54. The Hall–Kier alpha value is -2.60. The Morgan fingerprint density at radius 3 is 2.77 bits per heavy atom. The molecule has 1 aromatic carbocycles. The van der Waals surface area contributed by atoms with Crippen molar-refractivity contribution in [1.82, 2.24) is 9.80 Å². The lowest BCUT2D eigenvalue weighted by molar-refractivity contribution is -0.143. The highest BCUT2D eigenvalue weighted by atomic mass is 32.1. The number of amides is 2. The smallest absolute Gasteiger partial charge is 0.242 e. The van der Waals surface area contributed by atoms with E-state index in [0.29, 0.717) is 19.7 Å². The Morgan fingerprint density at radius 1 is 1.32 bits per heavy atom. The number of benzene rings is 1. The van der Waals surface area contributed by atoms with Gasteiger partial charge in [-0.25, -0.2) is 0 Å². The van der Waals surface area contributed by atoms with Crippen LogP contribution in [0, 0.1) is 19.8 Å². The Bertz CT molecular complexity index is 950. The van der Waals surface area contributed by atoms with Crippen LogP contribution in [0.4, 0.5) is 0 Å². The van der Waals surface area contributed by atoms with Gasteiger partial charge in [-0.15, -0.1) is 17.9 Å². The van der Waals surface area contributed by atoms with Crippen LogP contribution in [-0.4, -0.2) is 47.9 Å². The maximum absolute atomic E-state index is 13.3. The summed E-state index contributed by atoms with van der Waals surface area (Å²) in [4.78, 5) is 30.6. The summed E-state index contributed by atoms with van der Waals surface area (Å²) in [5.74, 6) is 0.580. The maximum Gasteiger partial charge on any atom is 0.242 e. The molecule has 2 amide bonds. The van der Waals surface area contributed by atoms with Gasteiger partial charge in [-0.3, -0.25) is 9.59 Å². The molecule has 1 atom stereocenters. The Morgan fingerprint density at radius 2 is 2.10 bits per heavy atom. The van der Waals surface area contributed by atoms with Gasteiger partial charge in [0.25, 0.3) is 0 Å². The molecule has 3 rings (SSSR count). The van der Waals surface area contributed by atoms with E-state index < -0.39 is 0 Å². The molecule has 0 bridgehead atoms. The molecular weight excluding hydrogens is 408 g/mol. The van der Waals surface area contributed by atoms with Crippen LogP contribution in [0.5, 0.6) is 5.75 Å². The molecule has 6 heteroatoms. The molecule has 0 fully saturated rings. The summed E-state index contributed by atoms with van der Waals surface area (Å²) in [5.41, 5.74) is 3.43. The number of thiophene rings is 1. The second-order valence-corrected chi connectivity index (χ2v) is 9.39. The first kappa shape index (κ1) is 23.1. The number of rotatable bonds is 8. The minimum absolute atomic E-state index is 0.0374. The van der Waals surface area contributed by atoms with Gasteiger partial charge in [0.15, 0.2) is 0 Å². The fourth-order valence-electron chi connectivity index (χ4n) is 4.01. The molecule has 2 aromatic rings. The largest absolute Gasteiger partial charge is 0.491 e. The minimum Gasteiger partial charge on any atom is -0.491 e. The number of carbonyl (C=O) groups is 2. The van der Waals surface area contributed by atoms with Gasteiger partial charge in [-0.05, 0) is 48.9 Å². The van der Waals surface area contributed by atoms with E-state index in [0.717, 1.165) is 23.3 Å². The number of ether oxygens (including phenoxy) is 1. The van der Waals surface area contributed by atoms with E-state index >= 15 is 0 Å². The summed E-state index contributed by atoms with van der Waals surface area (Å²) in [6.45, 7) is 13.0. The first-order valence-corrected chi connectivity index (χ1v) is 11.6. The molecule has 0 spiro atoms. The van der Waals surface area contributed by atoms with E-state index in [1.165, 1.54) is 10.4 Å². The summed E-state index contributed by atoms with van der Waals surface area (Å²) in [6.07, 6.45) is 2.50. The third kappa shape index (κ3) is 5.37. The van der Waals surface area contributed by atoms with Crippen LogP contribution in [0.3, 0.4) is 0 Å². The number of nitrogens with zero attached hydrogens (tertiary/aromatic N) is 2. The topological polar surface area (TPSA) is 49.9 Å². The van der Waals surface area contributed by atoms with Crippen molar-refractivity contribution in [3.8, 4) is 5.75 Å². The van der Waals surface area contributed by atoms with Gasteiger partial charge < -0.3 is 14.5 Å². The highest BCUT2D eigenvalue weighted by molar-refractivity contribution is 7.10. The third-order valence-corrected chi connectivity index (χ3v) is 6.62. The van der Waals surface area contributed by atoms with E-state index in [1.807, 2.05) is 37.8 Å². The Kier molecular flexibility index (Phi) is 7.55. The first-order valence-electron chi connectivity index (χ1n) is 10.8. The predicted molar refractivity (Wildman–Crippen MR) is 126 cm³/mol. The molecule has 31 heavy (non-hydrogen) atoms. The van der Waals surface area contributed by atoms with Crippen molar-refractivity contribution in [3.63, 3.8) is 0 Å². The summed E-state index contributed by atoms with van der Waals surface area (Å²) in [6, 6.07) is 8.05. The lowest BCUT2D eigenvalue weighted by Gasteiger charge is -2.37. The molecule has 1 aliphatic heterocycles. The molecular formula is C25H32N2O3S. The van der Waals surface area contributed by atoms with Gasteiger partial charge in [-0.1, -0.05) is 37.6 Å². The van der Waals surface area contributed by atoms with E-state index in [-0.39, 0.29) is 30.3 Å². The van der Waals surface area contributed by atoms with Crippen LogP contribution in [0.15, 0.2) is 42.3 Å². The molecule has 1 aromatic heterocycles. The average molecular weight is 441 g/mol. The maximum atomic E-state index is 13.3. The lowest BCUT2D eigenvalue weighted by atomic mass is 10.00. The van der Waals surface area contributed by atoms with Crippen molar-refractivity contribution in [2.24, 2.45) is 5.92 Å². The van der Waals surface area contributed by atoms with Crippen LogP contribution >= 0.6 is 11.3 Å². The minimum atomic E-state index is -0.166. The normalized spacial score (nSPS) is 15.5. The second-order valence-electron chi connectivity index (χ2n) is 8.39. The number of fused-ring (bicyclic) bond motifs is 1. The van der Waals surface area contributed by atoms with Crippen molar-refractivity contribution in [1.29, 1.82) is 0 Å². The zero-order chi connectivity index (χ0) is 22.5. The SMILES string of the molecule is C=CCN(CC(=O)N1CCc2sccc2[C@@H]1COc1ccc(C)cc1C)C(=O)C(C)C. The van der Waals surface area contributed by atoms with Crippen molar-refractivity contribution >= 4 is 23.2 Å². The van der Waals surface area contributed by atoms with Crippen molar-refractivity contribution in [2.45, 2.75) is 40.2 Å². The molecule has 5 nitrogen and oxygen atoms in total. The van der Waals surface area contributed by atoms with Crippen LogP contribution in [0.1, 0.15) is 41.5 Å². The molecule has 0 unspecified atom stereocenters. The zero-order valence-electron chi connectivity index (χ0n) is 18.9. The van der Waals surface area contributed by atoms with Gasteiger partial charge in [0.2, 0.25) is 11.8 Å². The number of hydrogen-bond donors (Lipinski definition) is 0. The third-order valence-electron chi connectivity index (χ3n) is 5.62. The molecule has 0 saturated heterocycles. The van der Waals surface area contributed by atoms with Crippen molar-refractivity contribution in [3.05, 3.63) is 63.9 Å². The number of hydrogen-bond acceptors (Lipinski definition) is 4. The van der Waals surface area contributed by atoms with Gasteiger partial charge in [0.1, 0.15) is 18.9 Å². The van der Waals surface area contributed by atoms with Crippen molar-refractivity contribution in [2.75, 3.05) is 26.2 Å². The monoisotopic (exact) mass is 440 g/mol. The van der Waals surface area contributed by atoms with Gasteiger partial charge in [0, 0.05) is 23.9 Å². The second kappa shape index (κ2) is 10.1. The molecule has 0 radical (unpaired) electrons. The standard InChI is InChI=1S/C25H32N2O3S/c1-6-11-26(25(29)17(2)3)15-24(28)27-12-9-23-20(10-13-31-23)21(27)16-30-22-8-7-18(4)14-19(22)5/h6-8,10,13-14,17,21H,1,9,11-12,15-16H2,2-5H3/t21-/m0/s1. The van der Waals surface area contributed by atoms with Gasteiger partial charge >= 0.3 is 0 Å². The lowest BCUT2D eigenvalue weighted by Crippen LogP contribution is -2.48. The Balaban J connectivity index is 1.79. The number of carbonyl (C=O) groups excluding carboxylic acids is 2. The summed E-state index contributed by atoms with van der Waals surface area (Å²) in [5, 5.41) is 2.08. The molecule has 2 heterocycles. The summed E-state index contributed by atoms with van der Waals surface area (Å²) < 4.78 is 6.19. The zero-order valence-corrected chi connectivity index (χ0v) is 19.7. The quantitative estimate of drug-likeness (QED) is 0.566. The molecule has 166 valence electrons. The molecule has 0 saturated carbocycles. The van der Waals surface area contributed by atoms with Crippen LogP contribution < -0.4 is 4.74 Å². The van der Waals surface area contributed by atoms with Crippen LogP contribution in [-0.2, 0) is 16.0 Å². The van der Waals surface area contributed by atoms with Crippen LogP contribution in [0.25, 0.3) is 0 Å². The van der Waals surface area contributed by atoms with Crippen LogP contribution in [0.2, 0.25) is 0 Å².